The minimum absolute atomic E-state index is 0.0622. The standard InChI is InChI=1S/C35H48N2O2/c1-8-19-36(20-9-2)21-22-37-29-14-11-10-13-26(29)30-31(37)27-23-25(24(3)4)15-16-28(27)34(5)17-12-18-35(6,32(30)34)33(38)39-7/h10-11,13-16,23-24,32H,8-9,12,17-22H2,1-7H3/t32?,34-,35-/m1/s1. The summed E-state index contributed by atoms with van der Waals surface area (Å²) in [6, 6.07) is 16.1. The van der Waals surface area contributed by atoms with Crippen molar-refractivity contribution in [1.82, 2.24) is 9.47 Å². The molecular formula is C35H48N2O2. The van der Waals surface area contributed by atoms with Crippen molar-refractivity contribution >= 4 is 16.9 Å². The molecule has 4 heteroatoms. The summed E-state index contributed by atoms with van der Waals surface area (Å²) >= 11 is 0. The Morgan fingerprint density at radius 3 is 2.44 bits per heavy atom. The third kappa shape index (κ3) is 4.43. The molecule has 1 aromatic heterocycles. The molecule has 1 fully saturated rings. The van der Waals surface area contributed by atoms with Crippen molar-refractivity contribution in [2.45, 2.75) is 97.4 Å². The summed E-state index contributed by atoms with van der Waals surface area (Å²) < 4.78 is 8.13. The monoisotopic (exact) mass is 528 g/mol. The van der Waals surface area contributed by atoms with E-state index in [0.29, 0.717) is 5.92 Å². The maximum Gasteiger partial charge on any atom is 0.312 e. The first-order chi connectivity index (χ1) is 18.7. The number of benzene rings is 2. The molecule has 5 rings (SSSR count). The fourth-order valence-corrected chi connectivity index (χ4v) is 8.16. The number of carbonyl (C=O) groups excluding carboxylic acids is 1. The molecule has 0 bridgehead atoms. The van der Waals surface area contributed by atoms with Crippen LogP contribution in [0.1, 0.15) is 102 Å². The average Bonchev–Trinajstić information content (AvgIpc) is 3.25. The maximum atomic E-state index is 13.6. The summed E-state index contributed by atoms with van der Waals surface area (Å²) in [4.78, 5) is 16.2. The second kappa shape index (κ2) is 10.8. The number of esters is 1. The van der Waals surface area contributed by atoms with E-state index in [2.05, 4.69) is 93.5 Å². The summed E-state index contributed by atoms with van der Waals surface area (Å²) in [7, 11) is 1.56. The van der Waals surface area contributed by atoms with Gasteiger partial charge in [-0.15, -0.1) is 0 Å². The second-order valence-electron chi connectivity index (χ2n) is 12.8. The molecule has 39 heavy (non-hydrogen) atoms. The van der Waals surface area contributed by atoms with E-state index in [-0.39, 0.29) is 17.3 Å². The van der Waals surface area contributed by atoms with Crippen LogP contribution in [0.2, 0.25) is 0 Å². The molecule has 3 aromatic rings. The minimum atomic E-state index is -0.573. The molecule has 0 saturated heterocycles. The molecule has 2 aliphatic rings. The SMILES string of the molecule is CCCN(CCC)CCn1c2c(c3ccccc31)C1[C@](C)(C(=O)OC)CCC[C@]1(C)c1ccc(C(C)C)cc1-2. The zero-order valence-electron chi connectivity index (χ0n) is 25.3. The molecular weight excluding hydrogens is 480 g/mol. The lowest BCUT2D eigenvalue weighted by Crippen LogP contribution is -2.50. The van der Waals surface area contributed by atoms with E-state index < -0.39 is 5.41 Å². The number of hydrogen-bond acceptors (Lipinski definition) is 3. The Labute approximate surface area is 235 Å². The molecule has 1 unspecified atom stereocenters. The Morgan fingerprint density at radius 1 is 1.05 bits per heavy atom. The molecule has 3 atom stereocenters. The van der Waals surface area contributed by atoms with Crippen molar-refractivity contribution in [3.8, 4) is 11.3 Å². The van der Waals surface area contributed by atoms with Crippen molar-refractivity contribution in [1.29, 1.82) is 0 Å². The number of nitrogens with zero attached hydrogens (tertiary/aromatic N) is 2. The lowest BCUT2D eigenvalue weighted by molar-refractivity contribution is -0.157. The van der Waals surface area contributed by atoms with Gasteiger partial charge in [0.1, 0.15) is 0 Å². The third-order valence-electron chi connectivity index (χ3n) is 9.92. The van der Waals surface area contributed by atoms with Crippen LogP contribution in [0, 0.1) is 5.41 Å². The predicted molar refractivity (Wildman–Crippen MR) is 163 cm³/mol. The van der Waals surface area contributed by atoms with Crippen LogP contribution in [0.4, 0.5) is 0 Å². The first-order valence-electron chi connectivity index (χ1n) is 15.3. The van der Waals surface area contributed by atoms with Gasteiger partial charge in [0.05, 0.1) is 18.2 Å². The molecule has 0 amide bonds. The fourth-order valence-electron chi connectivity index (χ4n) is 8.16. The Kier molecular flexibility index (Phi) is 7.72. The van der Waals surface area contributed by atoms with E-state index in [1.165, 1.54) is 51.7 Å². The quantitative estimate of drug-likeness (QED) is 0.262. The van der Waals surface area contributed by atoms with Crippen molar-refractivity contribution in [2.75, 3.05) is 26.7 Å². The van der Waals surface area contributed by atoms with E-state index in [1.807, 2.05) is 0 Å². The van der Waals surface area contributed by atoms with Crippen LogP contribution in [0.15, 0.2) is 42.5 Å². The third-order valence-corrected chi connectivity index (χ3v) is 9.92. The number of para-hydroxylation sites is 1. The lowest BCUT2D eigenvalue weighted by atomic mass is 9.49. The minimum Gasteiger partial charge on any atom is -0.469 e. The van der Waals surface area contributed by atoms with Gasteiger partial charge >= 0.3 is 5.97 Å². The van der Waals surface area contributed by atoms with Crippen LogP contribution in [0.5, 0.6) is 0 Å². The van der Waals surface area contributed by atoms with Crippen molar-refractivity contribution in [3.05, 3.63) is 59.2 Å². The van der Waals surface area contributed by atoms with Gasteiger partial charge in [0.2, 0.25) is 0 Å². The van der Waals surface area contributed by atoms with E-state index in [4.69, 9.17) is 4.74 Å². The van der Waals surface area contributed by atoms with Crippen LogP contribution in [0.3, 0.4) is 0 Å². The highest BCUT2D eigenvalue weighted by Crippen LogP contribution is 2.65. The highest BCUT2D eigenvalue weighted by molar-refractivity contribution is 5.96. The Hall–Kier alpha value is -2.59. The number of fused-ring (bicyclic) bond motifs is 8. The van der Waals surface area contributed by atoms with Gasteiger partial charge in [0.25, 0.3) is 0 Å². The molecule has 4 nitrogen and oxygen atoms in total. The van der Waals surface area contributed by atoms with Crippen molar-refractivity contribution in [3.63, 3.8) is 0 Å². The van der Waals surface area contributed by atoms with Gasteiger partial charge < -0.3 is 14.2 Å². The first-order valence-corrected chi connectivity index (χ1v) is 15.3. The summed E-state index contributed by atoms with van der Waals surface area (Å²) in [5, 5.41) is 1.30. The van der Waals surface area contributed by atoms with Gasteiger partial charge in [0, 0.05) is 40.9 Å². The van der Waals surface area contributed by atoms with Gasteiger partial charge in [-0.25, -0.2) is 0 Å². The number of methoxy groups -OCH3 is 1. The van der Waals surface area contributed by atoms with Gasteiger partial charge in [-0.2, -0.15) is 0 Å². The number of ether oxygens (including phenoxy) is 1. The van der Waals surface area contributed by atoms with Crippen molar-refractivity contribution < 1.29 is 9.53 Å². The van der Waals surface area contributed by atoms with Crippen LogP contribution in [-0.4, -0.2) is 42.2 Å². The predicted octanol–water partition coefficient (Wildman–Crippen LogP) is 8.27. The number of rotatable bonds is 9. The highest BCUT2D eigenvalue weighted by atomic mass is 16.5. The maximum absolute atomic E-state index is 13.6. The summed E-state index contributed by atoms with van der Waals surface area (Å²) in [5.74, 6) is 0.450. The van der Waals surface area contributed by atoms with Gasteiger partial charge in [-0.1, -0.05) is 71.4 Å². The van der Waals surface area contributed by atoms with Crippen LogP contribution in [-0.2, 0) is 21.5 Å². The molecule has 2 aromatic carbocycles. The molecule has 0 aliphatic heterocycles. The van der Waals surface area contributed by atoms with Gasteiger partial charge in [-0.3, -0.25) is 4.79 Å². The van der Waals surface area contributed by atoms with Crippen molar-refractivity contribution in [2.24, 2.45) is 5.41 Å². The topological polar surface area (TPSA) is 34.5 Å². The molecule has 0 spiro atoms. The number of hydrogen-bond donors (Lipinski definition) is 0. The molecule has 0 N–H and O–H groups in total. The van der Waals surface area contributed by atoms with E-state index in [0.717, 1.165) is 45.4 Å². The molecule has 210 valence electrons. The number of carbonyl (C=O) groups is 1. The van der Waals surface area contributed by atoms with E-state index in [9.17, 15) is 4.79 Å². The normalized spacial score (nSPS) is 24.1. The second-order valence-corrected chi connectivity index (χ2v) is 12.8. The Bertz CT molecular complexity index is 1350. The lowest BCUT2D eigenvalue weighted by Gasteiger charge is -2.54. The van der Waals surface area contributed by atoms with Crippen LogP contribution in [0.25, 0.3) is 22.2 Å². The van der Waals surface area contributed by atoms with Crippen LogP contribution < -0.4 is 0 Å². The Morgan fingerprint density at radius 2 is 1.77 bits per heavy atom. The van der Waals surface area contributed by atoms with Gasteiger partial charge in [-0.05, 0) is 80.4 Å². The fraction of sp³-hybridized carbons (Fsp3) is 0.571. The Balaban J connectivity index is 1.81. The van der Waals surface area contributed by atoms with Crippen LogP contribution >= 0.6 is 0 Å². The average molecular weight is 529 g/mol. The zero-order chi connectivity index (χ0) is 27.9. The van der Waals surface area contributed by atoms with E-state index >= 15 is 0 Å². The summed E-state index contributed by atoms with van der Waals surface area (Å²) in [6.07, 6.45) is 5.31. The highest BCUT2D eigenvalue weighted by Gasteiger charge is 2.58. The largest absolute Gasteiger partial charge is 0.469 e. The summed E-state index contributed by atoms with van der Waals surface area (Å²) in [6.45, 7) is 18.0. The van der Waals surface area contributed by atoms with E-state index in [1.54, 1.807) is 7.11 Å². The summed E-state index contributed by atoms with van der Waals surface area (Å²) in [5.41, 5.74) is 7.44. The molecule has 2 aliphatic carbocycles. The van der Waals surface area contributed by atoms with Gasteiger partial charge in [0.15, 0.2) is 0 Å². The number of aromatic nitrogens is 1. The molecule has 0 radical (unpaired) electrons. The molecule has 1 saturated carbocycles. The smallest absolute Gasteiger partial charge is 0.312 e. The first kappa shape index (κ1) is 28.0. The molecule has 1 heterocycles. The zero-order valence-corrected chi connectivity index (χ0v) is 25.3.